The van der Waals surface area contributed by atoms with Crippen molar-refractivity contribution in [2.24, 2.45) is 5.92 Å². The number of aromatic nitrogens is 2. The lowest BCUT2D eigenvalue weighted by molar-refractivity contribution is -0.127. The summed E-state index contributed by atoms with van der Waals surface area (Å²) in [5.41, 5.74) is 1.05. The first-order valence-electron chi connectivity index (χ1n) is 5.90. The molecule has 1 unspecified atom stereocenters. The predicted octanol–water partition coefficient (Wildman–Crippen LogP) is 0.780. The molecule has 0 radical (unpaired) electrons. The molecule has 0 saturated carbocycles. The van der Waals surface area contributed by atoms with Gasteiger partial charge in [-0.1, -0.05) is 0 Å². The predicted molar refractivity (Wildman–Crippen MR) is 62.3 cm³/mol. The number of nitrogens with one attached hydrogen (secondary N) is 1. The van der Waals surface area contributed by atoms with Gasteiger partial charge in [0.15, 0.2) is 0 Å². The fourth-order valence-corrected chi connectivity index (χ4v) is 2.16. The van der Waals surface area contributed by atoms with Crippen molar-refractivity contribution in [3.05, 3.63) is 18.2 Å². The van der Waals surface area contributed by atoms with Crippen LogP contribution in [0.2, 0.25) is 0 Å². The average molecular weight is 235 g/mol. The molecule has 2 heterocycles. The Morgan fingerprint density at radius 1 is 1.65 bits per heavy atom. The molecule has 17 heavy (non-hydrogen) atoms. The van der Waals surface area contributed by atoms with E-state index in [1.165, 1.54) is 0 Å². The molecule has 1 saturated heterocycles. The first-order chi connectivity index (χ1) is 8.16. The number of aryl methyl sites for hydroxylation is 1. The zero-order chi connectivity index (χ0) is 12.3. The maximum Gasteiger partial charge on any atom is 0.223 e. The summed E-state index contributed by atoms with van der Waals surface area (Å²) in [7, 11) is 1.75. The van der Waals surface area contributed by atoms with E-state index in [1.54, 1.807) is 24.5 Å². The molecule has 1 amide bonds. The molecule has 0 bridgehead atoms. The summed E-state index contributed by atoms with van der Waals surface area (Å²) in [6.45, 7) is 0.585. The summed E-state index contributed by atoms with van der Waals surface area (Å²) in [6, 6.07) is 0. The van der Waals surface area contributed by atoms with Gasteiger partial charge in [0.2, 0.25) is 5.91 Å². The Hall–Kier alpha value is -1.65. The largest absolute Gasteiger partial charge is 0.348 e. The Morgan fingerprint density at radius 2 is 2.47 bits per heavy atom. The molecule has 1 aromatic rings. The van der Waals surface area contributed by atoms with Gasteiger partial charge >= 0.3 is 0 Å². The van der Waals surface area contributed by atoms with Crippen LogP contribution >= 0.6 is 0 Å². The van der Waals surface area contributed by atoms with Crippen LogP contribution in [0.4, 0.5) is 0 Å². The molecule has 5 nitrogen and oxygen atoms in total. The number of H-pyrrole nitrogens is 1. The van der Waals surface area contributed by atoms with Crippen molar-refractivity contribution in [3.8, 4) is 0 Å². The molecule has 0 spiro atoms. The number of Topliss-reactive ketones (excluding diaryl/α,β-unsaturated/α-hetero) is 1. The topological polar surface area (TPSA) is 66.1 Å². The molecular weight excluding hydrogens is 218 g/mol. The number of hydrogen-bond acceptors (Lipinski definition) is 3. The quantitative estimate of drug-likeness (QED) is 0.820. The number of aromatic amines is 1. The number of ketones is 1. The number of nitrogens with zero attached hydrogens (tertiary/aromatic N) is 2. The van der Waals surface area contributed by atoms with Gasteiger partial charge in [0.25, 0.3) is 0 Å². The lowest BCUT2D eigenvalue weighted by Crippen LogP contribution is -2.21. The molecule has 1 N–H and O–H groups in total. The van der Waals surface area contributed by atoms with Crippen LogP contribution in [0.1, 0.15) is 25.0 Å². The van der Waals surface area contributed by atoms with Gasteiger partial charge in [0.05, 0.1) is 6.33 Å². The minimum absolute atomic E-state index is 0.0805. The summed E-state index contributed by atoms with van der Waals surface area (Å²) >= 11 is 0. The average Bonchev–Trinajstić information content (AvgIpc) is 2.90. The zero-order valence-corrected chi connectivity index (χ0v) is 9.98. The number of likely N-dealkylation sites (tertiary alicyclic amines) is 1. The van der Waals surface area contributed by atoms with Crippen LogP contribution in [-0.4, -0.2) is 40.2 Å². The van der Waals surface area contributed by atoms with Gasteiger partial charge in [0.1, 0.15) is 5.78 Å². The van der Waals surface area contributed by atoms with E-state index in [1.807, 2.05) is 0 Å². The summed E-state index contributed by atoms with van der Waals surface area (Å²) in [5, 5.41) is 0. The second-order valence-corrected chi connectivity index (χ2v) is 4.57. The minimum Gasteiger partial charge on any atom is -0.348 e. The normalized spacial score (nSPS) is 19.9. The molecule has 92 valence electrons. The maximum absolute atomic E-state index is 11.9. The van der Waals surface area contributed by atoms with E-state index >= 15 is 0 Å². The third-order valence-electron chi connectivity index (χ3n) is 3.22. The molecule has 2 rings (SSSR count). The summed E-state index contributed by atoms with van der Waals surface area (Å²) in [4.78, 5) is 31.7. The highest BCUT2D eigenvalue weighted by Crippen LogP contribution is 2.19. The van der Waals surface area contributed by atoms with Crippen molar-refractivity contribution in [2.75, 3.05) is 13.6 Å². The lowest BCUT2D eigenvalue weighted by Gasteiger charge is -2.08. The molecule has 1 aliphatic heterocycles. The minimum atomic E-state index is -0.0886. The third kappa shape index (κ3) is 2.93. The molecule has 1 aromatic heterocycles. The van der Waals surface area contributed by atoms with E-state index in [9.17, 15) is 9.59 Å². The van der Waals surface area contributed by atoms with Crippen LogP contribution in [0.15, 0.2) is 12.5 Å². The SMILES string of the molecule is CN1CC(C(=O)CCCc2cnc[nH]2)CC1=O. The van der Waals surface area contributed by atoms with Gasteiger partial charge in [-0.15, -0.1) is 0 Å². The van der Waals surface area contributed by atoms with Crippen LogP contribution in [0.25, 0.3) is 0 Å². The Labute approximate surface area is 100 Å². The fourth-order valence-electron chi connectivity index (χ4n) is 2.16. The molecule has 0 aromatic carbocycles. The Bertz CT molecular complexity index is 400. The van der Waals surface area contributed by atoms with Crippen LogP contribution in [0, 0.1) is 5.92 Å². The first kappa shape index (κ1) is 11.8. The highest BCUT2D eigenvalue weighted by molar-refractivity contribution is 5.90. The van der Waals surface area contributed by atoms with Crippen molar-refractivity contribution in [1.82, 2.24) is 14.9 Å². The molecule has 1 atom stereocenters. The first-order valence-corrected chi connectivity index (χ1v) is 5.90. The molecular formula is C12H17N3O2. The van der Waals surface area contributed by atoms with E-state index in [4.69, 9.17) is 0 Å². The van der Waals surface area contributed by atoms with Crippen molar-refractivity contribution in [2.45, 2.75) is 25.7 Å². The van der Waals surface area contributed by atoms with Gasteiger partial charge in [-0.2, -0.15) is 0 Å². The Balaban J connectivity index is 1.73. The number of carbonyl (C=O) groups excluding carboxylic acids is 2. The number of rotatable bonds is 5. The zero-order valence-electron chi connectivity index (χ0n) is 9.98. The highest BCUT2D eigenvalue weighted by atomic mass is 16.2. The molecule has 5 heteroatoms. The van der Waals surface area contributed by atoms with Gasteiger partial charge in [-0.3, -0.25) is 9.59 Å². The Kier molecular flexibility index (Phi) is 3.56. The smallest absolute Gasteiger partial charge is 0.223 e. The van der Waals surface area contributed by atoms with E-state index in [-0.39, 0.29) is 17.6 Å². The van der Waals surface area contributed by atoms with Crippen LogP contribution < -0.4 is 0 Å². The van der Waals surface area contributed by atoms with Gasteiger partial charge in [-0.25, -0.2) is 4.98 Å². The second kappa shape index (κ2) is 5.12. The van der Waals surface area contributed by atoms with Gasteiger partial charge in [-0.05, 0) is 12.8 Å². The van der Waals surface area contributed by atoms with E-state index in [0.29, 0.717) is 19.4 Å². The fraction of sp³-hybridized carbons (Fsp3) is 0.583. The van der Waals surface area contributed by atoms with E-state index in [0.717, 1.165) is 18.5 Å². The molecule has 1 fully saturated rings. The summed E-state index contributed by atoms with van der Waals surface area (Å²) in [5.74, 6) is 0.202. The highest BCUT2D eigenvalue weighted by Gasteiger charge is 2.31. The second-order valence-electron chi connectivity index (χ2n) is 4.57. The van der Waals surface area contributed by atoms with Crippen LogP contribution in [-0.2, 0) is 16.0 Å². The molecule has 1 aliphatic rings. The van der Waals surface area contributed by atoms with Crippen molar-refractivity contribution < 1.29 is 9.59 Å². The van der Waals surface area contributed by atoms with Crippen LogP contribution in [0.5, 0.6) is 0 Å². The van der Waals surface area contributed by atoms with Gasteiger partial charge in [0, 0.05) is 44.2 Å². The standard InChI is InChI=1S/C12H17N3O2/c1-15-7-9(5-12(15)17)11(16)4-2-3-10-6-13-8-14-10/h6,8-9H,2-5,7H2,1H3,(H,13,14). The number of imidazole rings is 1. The number of amides is 1. The number of hydrogen-bond donors (Lipinski definition) is 1. The van der Waals surface area contributed by atoms with E-state index in [2.05, 4.69) is 9.97 Å². The lowest BCUT2D eigenvalue weighted by atomic mass is 9.98. The summed E-state index contributed by atoms with van der Waals surface area (Å²) < 4.78 is 0. The van der Waals surface area contributed by atoms with Crippen molar-refractivity contribution in [3.63, 3.8) is 0 Å². The number of carbonyl (C=O) groups is 2. The van der Waals surface area contributed by atoms with Crippen molar-refractivity contribution >= 4 is 11.7 Å². The Morgan fingerprint density at radius 3 is 3.06 bits per heavy atom. The van der Waals surface area contributed by atoms with Crippen LogP contribution in [0.3, 0.4) is 0 Å². The maximum atomic E-state index is 11.9. The van der Waals surface area contributed by atoms with Crippen molar-refractivity contribution in [1.29, 1.82) is 0 Å². The molecule has 0 aliphatic carbocycles. The van der Waals surface area contributed by atoms with Gasteiger partial charge < -0.3 is 9.88 Å². The monoisotopic (exact) mass is 235 g/mol. The third-order valence-corrected chi connectivity index (χ3v) is 3.22. The van der Waals surface area contributed by atoms with E-state index < -0.39 is 0 Å². The summed E-state index contributed by atoms with van der Waals surface area (Å²) in [6.07, 6.45) is 6.00.